The minimum Gasteiger partial charge on any atom is -0.381 e. The van der Waals surface area contributed by atoms with Gasteiger partial charge < -0.3 is 15.4 Å². The number of hydrogen-bond donors (Lipinski definition) is 2. The Morgan fingerprint density at radius 1 is 1.31 bits per heavy atom. The van der Waals surface area contributed by atoms with E-state index in [1.54, 1.807) is 0 Å². The summed E-state index contributed by atoms with van der Waals surface area (Å²) in [6, 6.07) is 8.02. The third-order valence-electron chi connectivity index (χ3n) is 6.28. The molecule has 158 valence electrons. The summed E-state index contributed by atoms with van der Waals surface area (Å²) in [5.41, 5.74) is 1.42. The maximum atomic E-state index is 13.3. The summed E-state index contributed by atoms with van der Waals surface area (Å²) in [5.74, 6) is 0.689. The van der Waals surface area contributed by atoms with E-state index in [1.807, 2.05) is 37.7 Å². The molecule has 2 saturated heterocycles. The molecule has 1 aromatic carbocycles. The first-order valence-corrected chi connectivity index (χ1v) is 10.7. The first-order valence-electron chi connectivity index (χ1n) is 10.7. The van der Waals surface area contributed by atoms with E-state index in [4.69, 9.17) is 9.84 Å². The van der Waals surface area contributed by atoms with Crippen molar-refractivity contribution in [3.05, 3.63) is 30.0 Å². The normalized spacial score (nSPS) is 22.1. The summed E-state index contributed by atoms with van der Waals surface area (Å²) in [6.45, 7) is 9.26. The second-order valence-corrected chi connectivity index (χ2v) is 8.87. The molecule has 1 aromatic heterocycles. The fourth-order valence-corrected chi connectivity index (χ4v) is 4.61. The molecule has 0 aliphatic carbocycles. The van der Waals surface area contributed by atoms with Crippen LogP contribution < -0.4 is 10.6 Å². The first-order chi connectivity index (χ1) is 14.0. The van der Waals surface area contributed by atoms with E-state index < -0.39 is 5.54 Å². The minimum absolute atomic E-state index is 0.0731. The molecule has 0 bridgehead atoms. The predicted octanol–water partition coefficient (Wildman–Crippen LogP) is 1.63. The standard InChI is InChI=1S/C22H33N5O2/c1-22(2,20-17-6-4-5-7-18(17)26(3)25-20)24-21(28)19-14-23-10-11-27(19)15-16-8-12-29-13-9-16/h4-7,16,19,23H,8-15H2,1-3H3,(H,24,28)/t19-/m0/s1. The van der Waals surface area contributed by atoms with Gasteiger partial charge in [-0.05, 0) is 38.7 Å². The van der Waals surface area contributed by atoms with E-state index in [2.05, 4.69) is 27.7 Å². The number of amides is 1. The number of carbonyl (C=O) groups excluding carboxylic acids is 1. The lowest BCUT2D eigenvalue weighted by Crippen LogP contribution is -2.60. The van der Waals surface area contributed by atoms with Crippen LogP contribution in [0.4, 0.5) is 0 Å². The van der Waals surface area contributed by atoms with Crippen LogP contribution >= 0.6 is 0 Å². The van der Waals surface area contributed by atoms with Crippen LogP contribution in [0, 0.1) is 5.92 Å². The number of nitrogens with zero attached hydrogens (tertiary/aromatic N) is 3. The molecule has 1 atom stereocenters. The number of para-hydroxylation sites is 1. The zero-order valence-electron chi connectivity index (χ0n) is 17.8. The van der Waals surface area contributed by atoms with Gasteiger partial charge in [0.1, 0.15) is 6.04 Å². The molecule has 2 fully saturated rings. The van der Waals surface area contributed by atoms with Gasteiger partial charge in [0.15, 0.2) is 0 Å². The monoisotopic (exact) mass is 399 g/mol. The number of fused-ring (bicyclic) bond motifs is 1. The summed E-state index contributed by atoms with van der Waals surface area (Å²) in [5, 5.41) is 12.5. The van der Waals surface area contributed by atoms with Crippen LogP contribution in [-0.2, 0) is 22.1 Å². The number of piperazine rings is 1. The third-order valence-corrected chi connectivity index (χ3v) is 6.28. The molecule has 7 nitrogen and oxygen atoms in total. The molecule has 4 rings (SSSR count). The lowest BCUT2D eigenvalue weighted by Gasteiger charge is -2.39. The van der Waals surface area contributed by atoms with Crippen LogP contribution in [0.5, 0.6) is 0 Å². The zero-order chi connectivity index (χ0) is 20.4. The van der Waals surface area contributed by atoms with Gasteiger partial charge in [-0.15, -0.1) is 0 Å². The van der Waals surface area contributed by atoms with Gasteiger partial charge >= 0.3 is 0 Å². The van der Waals surface area contributed by atoms with Gasteiger partial charge in [0, 0.05) is 51.8 Å². The van der Waals surface area contributed by atoms with Crippen molar-refractivity contribution in [2.24, 2.45) is 13.0 Å². The minimum atomic E-state index is -0.556. The Bertz CT molecular complexity index is 856. The number of benzene rings is 1. The van der Waals surface area contributed by atoms with Crippen LogP contribution in [0.1, 0.15) is 32.4 Å². The van der Waals surface area contributed by atoms with Gasteiger partial charge in [-0.3, -0.25) is 14.4 Å². The molecule has 2 aliphatic rings. The van der Waals surface area contributed by atoms with Crippen LogP contribution in [0.2, 0.25) is 0 Å². The third kappa shape index (κ3) is 4.32. The summed E-state index contributed by atoms with van der Waals surface area (Å²) in [4.78, 5) is 15.7. The van der Waals surface area contributed by atoms with Crippen LogP contribution in [0.15, 0.2) is 24.3 Å². The Labute approximate surface area is 172 Å². The number of nitrogens with one attached hydrogen (secondary N) is 2. The lowest BCUT2D eigenvalue weighted by molar-refractivity contribution is -0.129. The quantitative estimate of drug-likeness (QED) is 0.800. The van der Waals surface area contributed by atoms with Crippen molar-refractivity contribution in [2.75, 3.05) is 39.4 Å². The fraction of sp³-hybridized carbons (Fsp3) is 0.636. The summed E-state index contributed by atoms with van der Waals surface area (Å²) in [6.07, 6.45) is 2.17. The van der Waals surface area contributed by atoms with E-state index in [0.717, 1.165) is 62.3 Å². The van der Waals surface area contributed by atoms with E-state index in [9.17, 15) is 4.79 Å². The average molecular weight is 400 g/mol. The van der Waals surface area contributed by atoms with Crippen LogP contribution in [0.25, 0.3) is 10.9 Å². The number of aromatic nitrogens is 2. The molecule has 3 heterocycles. The van der Waals surface area contributed by atoms with Crippen molar-refractivity contribution in [3.8, 4) is 0 Å². The lowest BCUT2D eigenvalue weighted by atomic mass is 9.95. The zero-order valence-corrected chi connectivity index (χ0v) is 17.8. The Morgan fingerprint density at radius 2 is 2.07 bits per heavy atom. The molecule has 0 spiro atoms. The smallest absolute Gasteiger partial charge is 0.239 e. The molecule has 1 amide bonds. The Hall–Kier alpha value is -1.96. The highest BCUT2D eigenvalue weighted by Crippen LogP contribution is 2.28. The van der Waals surface area contributed by atoms with Crippen LogP contribution in [-0.4, -0.2) is 66.0 Å². The second-order valence-electron chi connectivity index (χ2n) is 8.87. The molecule has 0 radical (unpaired) electrons. The molecule has 0 saturated carbocycles. The molecular formula is C22H33N5O2. The summed E-state index contributed by atoms with van der Waals surface area (Å²) >= 11 is 0. The van der Waals surface area contributed by atoms with Crippen molar-refractivity contribution < 1.29 is 9.53 Å². The van der Waals surface area contributed by atoms with E-state index >= 15 is 0 Å². The summed E-state index contributed by atoms with van der Waals surface area (Å²) in [7, 11) is 1.95. The van der Waals surface area contributed by atoms with Crippen LogP contribution in [0.3, 0.4) is 0 Å². The van der Waals surface area contributed by atoms with Crippen molar-refractivity contribution in [3.63, 3.8) is 0 Å². The molecule has 7 heteroatoms. The first kappa shape index (κ1) is 20.3. The average Bonchev–Trinajstić information content (AvgIpc) is 3.07. The molecule has 2 aliphatic heterocycles. The molecule has 2 aromatic rings. The van der Waals surface area contributed by atoms with Gasteiger partial charge in [-0.1, -0.05) is 18.2 Å². The molecule has 2 N–H and O–H groups in total. The molecular weight excluding hydrogens is 366 g/mol. The fourth-order valence-electron chi connectivity index (χ4n) is 4.61. The van der Waals surface area contributed by atoms with Crippen molar-refractivity contribution in [2.45, 2.75) is 38.3 Å². The number of carbonyl (C=O) groups is 1. The highest BCUT2D eigenvalue weighted by atomic mass is 16.5. The predicted molar refractivity (Wildman–Crippen MR) is 114 cm³/mol. The van der Waals surface area contributed by atoms with Gasteiger partial charge in [0.05, 0.1) is 16.7 Å². The van der Waals surface area contributed by atoms with Crippen molar-refractivity contribution >= 4 is 16.8 Å². The van der Waals surface area contributed by atoms with E-state index in [1.165, 1.54) is 0 Å². The van der Waals surface area contributed by atoms with Crippen molar-refractivity contribution in [1.29, 1.82) is 0 Å². The highest BCUT2D eigenvalue weighted by molar-refractivity contribution is 5.86. The highest BCUT2D eigenvalue weighted by Gasteiger charge is 2.35. The molecule has 0 unspecified atom stereocenters. The number of aryl methyl sites for hydroxylation is 1. The topological polar surface area (TPSA) is 71.4 Å². The second kappa shape index (κ2) is 8.42. The number of hydrogen-bond acceptors (Lipinski definition) is 5. The Kier molecular flexibility index (Phi) is 5.90. The van der Waals surface area contributed by atoms with Gasteiger partial charge in [0.25, 0.3) is 0 Å². The maximum Gasteiger partial charge on any atom is 0.239 e. The van der Waals surface area contributed by atoms with Gasteiger partial charge in [-0.2, -0.15) is 5.10 Å². The Morgan fingerprint density at radius 3 is 2.86 bits per heavy atom. The number of ether oxygens (including phenoxy) is 1. The SMILES string of the molecule is Cn1nc(C(C)(C)NC(=O)[C@@H]2CNCCN2CC2CCOCC2)c2ccccc21. The number of rotatable bonds is 5. The van der Waals surface area contributed by atoms with E-state index in [0.29, 0.717) is 12.5 Å². The molecule has 29 heavy (non-hydrogen) atoms. The van der Waals surface area contributed by atoms with Gasteiger partial charge in [-0.25, -0.2) is 0 Å². The van der Waals surface area contributed by atoms with E-state index in [-0.39, 0.29) is 11.9 Å². The Balaban J connectivity index is 1.49. The van der Waals surface area contributed by atoms with Crippen molar-refractivity contribution in [1.82, 2.24) is 25.3 Å². The summed E-state index contributed by atoms with van der Waals surface area (Å²) < 4.78 is 7.38. The van der Waals surface area contributed by atoms with Gasteiger partial charge in [0.2, 0.25) is 5.91 Å². The largest absolute Gasteiger partial charge is 0.381 e. The maximum absolute atomic E-state index is 13.3.